The zero-order chi connectivity index (χ0) is 17.8. The smallest absolute Gasteiger partial charge is 0.273 e. The van der Waals surface area contributed by atoms with E-state index in [1.54, 1.807) is 13.3 Å². The van der Waals surface area contributed by atoms with Crippen LogP contribution >= 0.6 is 0 Å². The third-order valence-electron chi connectivity index (χ3n) is 4.37. The van der Waals surface area contributed by atoms with Crippen molar-refractivity contribution >= 4 is 11.6 Å². The molecule has 25 heavy (non-hydrogen) atoms. The average Bonchev–Trinajstić information content (AvgIpc) is 3.10. The second kappa shape index (κ2) is 7.60. The molecule has 0 aliphatic carbocycles. The molecule has 3 heterocycles. The molecule has 8 nitrogen and oxygen atoms in total. The fourth-order valence-electron chi connectivity index (χ4n) is 3.07. The molecule has 0 bridgehead atoms. The van der Waals surface area contributed by atoms with E-state index in [1.165, 1.54) is 0 Å². The number of rotatable bonds is 5. The van der Waals surface area contributed by atoms with Crippen molar-refractivity contribution < 1.29 is 9.53 Å². The van der Waals surface area contributed by atoms with E-state index in [1.807, 2.05) is 36.0 Å². The first kappa shape index (κ1) is 17.3. The normalized spacial score (nSPS) is 17.6. The number of anilines is 1. The summed E-state index contributed by atoms with van der Waals surface area (Å²) in [7, 11) is 5.50. The number of carbonyl (C=O) groups is 1. The summed E-state index contributed by atoms with van der Waals surface area (Å²) in [6, 6.07) is 3.58. The van der Waals surface area contributed by atoms with Crippen molar-refractivity contribution in [1.29, 1.82) is 0 Å². The monoisotopic (exact) mass is 344 g/mol. The lowest BCUT2D eigenvalue weighted by Gasteiger charge is -2.33. The van der Waals surface area contributed by atoms with Crippen LogP contribution in [0.4, 0.5) is 5.69 Å². The minimum absolute atomic E-state index is 0.0773. The van der Waals surface area contributed by atoms with Gasteiger partial charge in [0.1, 0.15) is 12.3 Å². The van der Waals surface area contributed by atoms with Crippen molar-refractivity contribution in [3.63, 3.8) is 0 Å². The number of hydrogen-bond donors (Lipinski definition) is 1. The molecule has 1 saturated heterocycles. The molecule has 3 rings (SSSR count). The lowest BCUT2D eigenvalue weighted by Crippen LogP contribution is -2.39. The number of ether oxygens (including phenoxy) is 1. The predicted molar refractivity (Wildman–Crippen MR) is 93.3 cm³/mol. The van der Waals surface area contributed by atoms with Crippen LogP contribution in [0.25, 0.3) is 0 Å². The number of likely N-dealkylation sites (tertiary alicyclic amines) is 1. The number of piperidine rings is 1. The van der Waals surface area contributed by atoms with E-state index in [0.29, 0.717) is 30.5 Å². The van der Waals surface area contributed by atoms with Crippen LogP contribution < -0.4 is 4.90 Å². The van der Waals surface area contributed by atoms with Crippen molar-refractivity contribution in [2.24, 2.45) is 0 Å². The van der Waals surface area contributed by atoms with Gasteiger partial charge in [0.25, 0.3) is 5.91 Å². The summed E-state index contributed by atoms with van der Waals surface area (Å²) >= 11 is 0. The molecule has 0 aromatic carbocycles. The minimum atomic E-state index is -0.132. The molecule has 1 aliphatic rings. The van der Waals surface area contributed by atoms with E-state index in [2.05, 4.69) is 20.2 Å². The molecule has 134 valence electrons. The Bertz CT molecular complexity index is 729. The fourth-order valence-corrected chi connectivity index (χ4v) is 3.07. The van der Waals surface area contributed by atoms with Crippen LogP contribution in [0.1, 0.15) is 47.4 Å². The molecule has 1 amide bonds. The minimum Gasteiger partial charge on any atom is -0.378 e. The van der Waals surface area contributed by atoms with Crippen molar-refractivity contribution in [3.05, 3.63) is 35.7 Å². The summed E-state index contributed by atoms with van der Waals surface area (Å²) in [5.74, 6) is 1.23. The van der Waals surface area contributed by atoms with E-state index in [0.717, 1.165) is 24.9 Å². The third kappa shape index (κ3) is 3.79. The van der Waals surface area contributed by atoms with Gasteiger partial charge in [0.05, 0.1) is 6.04 Å². The zero-order valence-electron chi connectivity index (χ0n) is 14.9. The number of H-pyrrole nitrogens is 1. The fraction of sp³-hybridized carbons (Fsp3) is 0.529. The van der Waals surface area contributed by atoms with Crippen molar-refractivity contribution in [2.45, 2.75) is 31.9 Å². The molecule has 0 spiro atoms. The van der Waals surface area contributed by atoms with Gasteiger partial charge in [-0.25, -0.2) is 4.98 Å². The highest BCUT2D eigenvalue weighted by Gasteiger charge is 2.32. The van der Waals surface area contributed by atoms with E-state index in [4.69, 9.17) is 4.74 Å². The maximum Gasteiger partial charge on any atom is 0.273 e. The summed E-state index contributed by atoms with van der Waals surface area (Å²) in [6.07, 6.45) is 4.55. The van der Waals surface area contributed by atoms with Crippen molar-refractivity contribution in [3.8, 4) is 0 Å². The lowest BCUT2D eigenvalue weighted by molar-refractivity contribution is 0.0594. The number of aromatic nitrogens is 4. The Hall–Kier alpha value is -2.48. The van der Waals surface area contributed by atoms with Gasteiger partial charge >= 0.3 is 0 Å². The van der Waals surface area contributed by atoms with E-state index < -0.39 is 0 Å². The quantitative estimate of drug-likeness (QED) is 0.890. The first-order chi connectivity index (χ1) is 12.1. The van der Waals surface area contributed by atoms with Gasteiger partial charge in [-0.3, -0.25) is 14.9 Å². The Kier molecular flexibility index (Phi) is 5.28. The van der Waals surface area contributed by atoms with Crippen LogP contribution in [0.3, 0.4) is 0 Å². The molecule has 0 unspecified atom stereocenters. The van der Waals surface area contributed by atoms with Crippen LogP contribution in [-0.2, 0) is 11.3 Å². The van der Waals surface area contributed by atoms with Gasteiger partial charge in [-0.15, -0.1) is 0 Å². The molecular weight excluding hydrogens is 320 g/mol. The number of pyridine rings is 1. The Morgan fingerprint density at radius 2 is 2.28 bits per heavy atom. The first-order valence-electron chi connectivity index (χ1n) is 8.44. The second-order valence-corrected chi connectivity index (χ2v) is 6.38. The van der Waals surface area contributed by atoms with Gasteiger partial charge in [0.15, 0.2) is 11.6 Å². The van der Waals surface area contributed by atoms with E-state index >= 15 is 0 Å². The molecule has 0 radical (unpaired) electrons. The molecular formula is C17H24N6O2. The number of hydrogen-bond acceptors (Lipinski definition) is 6. The topological polar surface area (TPSA) is 87.2 Å². The van der Waals surface area contributed by atoms with E-state index in [-0.39, 0.29) is 11.9 Å². The number of carbonyl (C=O) groups excluding carboxylic acids is 1. The Balaban J connectivity index is 1.84. The third-order valence-corrected chi connectivity index (χ3v) is 4.37. The zero-order valence-corrected chi connectivity index (χ0v) is 14.9. The standard InChI is InChI=1S/C17H24N6O2/c1-22(2)12-7-8-18-13(10-12)17(24)23-9-5-4-6-14(23)16-19-15(11-25-3)20-21-16/h7-8,10,14H,4-6,9,11H2,1-3H3,(H,19,20,21)/t14-/m0/s1. The van der Waals surface area contributed by atoms with Crippen LogP contribution in [0.15, 0.2) is 18.3 Å². The largest absolute Gasteiger partial charge is 0.378 e. The second-order valence-electron chi connectivity index (χ2n) is 6.38. The SMILES string of the molecule is COCc1nc([C@@H]2CCCCN2C(=O)c2cc(N(C)C)ccn2)n[nH]1. The molecule has 2 aromatic heterocycles. The number of methoxy groups -OCH3 is 1. The van der Waals surface area contributed by atoms with Crippen molar-refractivity contribution in [2.75, 3.05) is 32.6 Å². The molecule has 0 saturated carbocycles. The molecule has 8 heteroatoms. The van der Waals surface area contributed by atoms with Crippen LogP contribution in [-0.4, -0.2) is 58.7 Å². The maximum atomic E-state index is 13.0. The van der Waals surface area contributed by atoms with Gasteiger partial charge in [-0.05, 0) is 31.4 Å². The summed E-state index contributed by atoms with van der Waals surface area (Å²) in [5.41, 5.74) is 1.40. The summed E-state index contributed by atoms with van der Waals surface area (Å²) in [6.45, 7) is 1.06. The van der Waals surface area contributed by atoms with Gasteiger partial charge in [0, 0.05) is 39.6 Å². The summed E-state index contributed by atoms with van der Waals surface area (Å²) in [4.78, 5) is 25.6. The summed E-state index contributed by atoms with van der Waals surface area (Å²) in [5, 5.41) is 7.17. The maximum absolute atomic E-state index is 13.0. The lowest BCUT2D eigenvalue weighted by atomic mass is 10.0. The van der Waals surface area contributed by atoms with E-state index in [9.17, 15) is 4.79 Å². The van der Waals surface area contributed by atoms with Crippen LogP contribution in [0.2, 0.25) is 0 Å². The molecule has 2 aromatic rings. The Labute approximate surface area is 147 Å². The molecule has 1 aliphatic heterocycles. The van der Waals surface area contributed by atoms with Crippen LogP contribution in [0, 0.1) is 0 Å². The average molecular weight is 344 g/mol. The van der Waals surface area contributed by atoms with Gasteiger partial charge < -0.3 is 14.5 Å². The highest BCUT2D eigenvalue weighted by molar-refractivity contribution is 5.93. The number of amides is 1. The first-order valence-corrected chi connectivity index (χ1v) is 8.44. The number of nitrogens with zero attached hydrogens (tertiary/aromatic N) is 5. The number of nitrogens with one attached hydrogen (secondary N) is 1. The summed E-state index contributed by atoms with van der Waals surface area (Å²) < 4.78 is 5.08. The van der Waals surface area contributed by atoms with Gasteiger partial charge in [0.2, 0.25) is 0 Å². The highest BCUT2D eigenvalue weighted by atomic mass is 16.5. The highest BCUT2D eigenvalue weighted by Crippen LogP contribution is 2.30. The predicted octanol–water partition coefficient (Wildman–Crippen LogP) is 1.78. The van der Waals surface area contributed by atoms with Crippen LogP contribution in [0.5, 0.6) is 0 Å². The molecule has 1 fully saturated rings. The number of aromatic amines is 1. The van der Waals surface area contributed by atoms with Gasteiger partial charge in [-0.1, -0.05) is 0 Å². The molecule has 1 atom stereocenters. The Morgan fingerprint density at radius 3 is 3.04 bits per heavy atom. The Morgan fingerprint density at radius 1 is 1.44 bits per heavy atom. The molecule has 1 N–H and O–H groups in total. The van der Waals surface area contributed by atoms with Gasteiger partial charge in [-0.2, -0.15) is 5.10 Å². The van der Waals surface area contributed by atoms with Crippen molar-refractivity contribution in [1.82, 2.24) is 25.1 Å².